The van der Waals surface area contributed by atoms with Crippen LogP contribution in [0.1, 0.15) is 29.3 Å². The quantitative estimate of drug-likeness (QED) is 0.492. The van der Waals surface area contributed by atoms with E-state index in [-0.39, 0.29) is 34.3 Å². The van der Waals surface area contributed by atoms with E-state index < -0.39 is 15.8 Å². The van der Waals surface area contributed by atoms with E-state index in [0.29, 0.717) is 23.2 Å². The van der Waals surface area contributed by atoms with Gasteiger partial charge < -0.3 is 4.74 Å². The van der Waals surface area contributed by atoms with Gasteiger partial charge in [0.2, 0.25) is 5.90 Å². The van der Waals surface area contributed by atoms with Gasteiger partial charge in [-0.2, -0.15) is 5.10 Å². The van der Waals surface area contributed by atoms with Gasteiger partial charge in [0.25, 0.3) is 0 Å². The highest BCUT2D eigenvalue weighted by Crippen LogP contribution is 2.32. The van der Waals surface area contributed by atoms with Crippen molar-refractivity contribution in [1.82, 2.24) is 9.78 Å². The summed E-state index contributed by atoms with van der Waals surface area (Å²) in [7, 11) is -3.07. The summed E-state index contributed by atoms with van der Waals surface area (Å²) in [6.45, 7) is 1.75. The molecule has 1 unspecified atom stereocenters. The fraction of sp³-hybridized carbons (Fsp3) is 0.278. The summed E-state index contributed by atoms with van der Waals surface area (Å²) >= 11 is 9.87. The van der Waals surface area contributed by atoms with Gasteiger partial charge in [0, 0.05) is 10.0 Å². The second-order valence-corrected chi connectivity index (χ2v) is 10.0. The van der Waals surface area contributed by atoms with Crippen LogP contribution in [0.3, 0.4) is 0 Å². The summed E-state index contributed by atoms with van der Waals surface area (Å²) in [4.78, 5) is 16.6. The summed E-state index contributed by atoms with van der Waals surface area (Å²) in [5, 5.41) is 4.67. The van der Waals surface area contributed by atoms with Crippen LogP contribution >= 0.6 is 27.5 Å². The lowest BCUT2D eigenvalue weighted by molar-refractivity contribution is -0.129. The number of aliphatic imine (C=N–C) groups is 1. The van der Waals surface area contributed by atoms with E-state index in [1.807, 2.05) is 18.2 Å². The third-order valence-corrected chi connectivity index (χ3v) is 7.45. The molecule has 10 heteroatoms. The lowest BCUT2D eigenvalue weighted by Gasteiger charge is -2.09. The molecule has 7 nitrogen and oxygen atoms in total. The van der Waals surface area contributed by atoms with E-state index >= 15 is 0 Å². The maximum Gasteiger partial charge on any atom is 0.363 e. The van der Waals surface area contributed by atoms with E-state index in [1.165, 1.54) is 10.8 Å². The number of sulfone groups is 1. The van der Waals surface area contributed by atoms with Crippen molar-refractivity contribution in [3.8, 4) is 0 Å². The number of aromatic nitrogens is 2. The predicted molar refractivity (Wildman–Crippen MR) is 109 cm³/mol. The second-order valence-electron chi connectivity index (χ2n) is 6.61. The highest BCUT2D eigenvalue weighted by atomic mass is 79.9. The number of cyclic esters (lactones) is 1. The van der Waals surface area contributed by atoms with Crippen molar-refractivity contribution in [2.45, 2.75) is 19.4 Å². The van der Waals surface area contributed by atoms with Crippen molar-refractivity contribution in [2.24, 2.45) is 4.99 Å². The number of halogens is 2. The van der Waals surface area contributed by atoms with Gasteiger partial charge in [0.05, 0.1) is 28.8 Å². The Labute approximate surface area is 175 Å². The lowest BCUT2D eigenvalue weighted by atomic mass is 10.2. The largest absolute Gasteiger partial charge is 0.402 e. The molecule has 0 amide bonds. The Bertz CT molecular complexity index is 1150. The molecule has 1 saturated heterocycles. The van der Waals surface area contributed by atoms with Crippen LogP contribution in [0.15, 0.2) is 39.4 Å². The van der Waals surface area contributed by atoms with Gasteiger partial charge in [0.15, 0.2) is 15.5 Å². The Morgan fingerprint density at radius 3 is 2.79 bits per heavy atom. The molecule has 1 aromatic carbocycles. The van der Waals surface area contributed by atoms with Crippen molar-refractivity contribution in [3.63, 3.8) is 0 Å². The Morgan fingerprint density at radius 1 is 1.36 bits per heavy atom. The first-order valence-corrected chi connectivity index (χ1v) is 11.5. The molecule has 1 aromatic heterocycles. The minimum atomic E-state index is -3.07. The summed E-state index contributed by atoms with van der Waals surface area (Å²) in [6, 6.07) is 6.98. The highest BCUT2D eigenvalue weighted by Gasteiger charge is 2.32. The first-order valence-electron chi connectivity index (χ1n) is 8.47. The van der Waals surface area contributed by atoms with Crippen molar-refractivity contribution in [3.05, 3.63) is 56.4 Å². The SMILES string of the molecule is Cc1nn(C2CCS(=O)(=O)C2)c(Cl)c1C=C1N=C(c2ccccc2Br)OC1=O. The number of aryl methyl sites for hydroxylation is 1. The Hall–Kier alpha value is -1.97. The average Bonchev–Trinajstić information content (AvgIpc) is 3.27. The van der Waals surface area contributed by atoms with Crippen LogP contribution in [0.2, 0.25) is 5.15 Å². The van der Waals surface area contributed by atoms with E-state index in [0.717, 1.165) is 4.47 Å². The fourth-order valence-electron chi connectivity index (χ4n) is 3.20. The molecule has 2 aromatic rings. The minimum absolute atomic E-state index is 0.0101. The molecule has 1 atom stereocenters. The number of hydrogen-bond donors (Lipinski definition) is 0. The molecule has 146 valence electrons. The summed E-state index contributed by atoms with van der Waals surface area (Å²) in [5.74, 6) is -0.255. The number of rotatable bonds is 3. The number of carbonyl (C=O) groups excluding carboxylic acids is 1. The standard InChI is InChI=1S/C18H15BrClN3O4S/c1-10-13(16(20)23(22-10)11-6-7-28(25,26)9-11)8-15-18(24)27-17(21-15)12-4-2-3-5-14(12)19/h2-5,8,11H,6-7,9H2,1H3. The Balaban J connectivity index is 1.70. The smallest absolute Gasteiger partial charge is 0.363 e. The Morgan fingerprint density at radius 2 is 2.11 bits per heavy atom. The Kier molecular flexibility index (Phi) is 4.93. The van der Waals surface area contributed by atoms with E-state index in [9.17, 15) is 13.2 Å². The zero-order valence-electron chi connectivity index (χ0n) is 14.7. The molecule has 2 aliphatic heterocycles. The van der Waals surface area contributed by atoms with Gasteiger partial charge in [-0.25, -0.2) is 22.9 Å². The van der Waals surface area contributed by atoms with Crippen LogP contribution in [0.25, 0.3) is 6.08 Å². The number of benzene rings is 1. The van der Waals surface area contributed by atoms with Gasteiger partial charge in [-0.05, 0) is 47.5 Å². The maximum atomic E-state index is 12.3. The van der Waals surface area contributed by atoms with E-state index in [2.05, 4.69) is 26.0 Å². The van der Waals surface area contributed by atoms with Crippen molar-refractivity contribution in [1.29, 1.82) is 0 Å². The first-order chi connectivity index (χ1) is 13.2. The van der Waals surface area contributed by atoms with Crippen LogP contribution in [0.4, 0.5) is 0 Å². The molecule has 0 saturated carbocycles. The fourth-order valence-corrected chi connectivity index (χ4v) is 5.72. The molecule has 0 spiro atoms. The number of hydrogen-bond acceptors (Lipinski definition) is 6. The zero-order chi connectivity index (χ0) is 20.1. The predicted octanol–water partition coefficient (Wildman–Crippen LogP) is 3.31. The monoisotopic (exact) mass is 483 g/mol. The van der Waals surface area contributed by atoms with Gasteiger partial charge in [-0.15, -0.1) is 0 Å². The zero-order valence-corrected chi connectivity index (χ0v) is 17.9. The number of nitrogens with zero attached hydrogens (tertiary/aromatic N) is 3. The molecular formula is C18H15BrClN3O4S. The van der Waals surface area contributed by atoms with Crippen molar-refractivity contribution >= 4 is 55.3 Å². The number of esters is 1. The van der Waals surface area contributed by atoms with Crippen LogP contribution in [0.5, 0.6) is 0 Å². The normalized spacial score (nSPS) is 22.5. The van der Waals surface area contributed by atoms with Crippen molar-refractivity contribution < 1.29 is 17.9 Å². The van der Waals surface area contributed by atoms with Gasteiger partial charge in [-0.3, -0.25) is 0 Å². The molecule has 4 rings (SSSR count). The molecule has 3 heterocycles. The highest BCUT2D eigenvalue weighted by molar-refractivity contribution is 9.10. The molecule has 28 heavy (non-hydrogen) atoms. The van der Waals surface area contributed by atoms with Gasteiger partial charge in [0.1, 0.15) is 5.15 Å². The maximum absolute atomic E-state index is 12.3. The van der Waals surface area contributed by atoms with Gasteiger partial charge in [-0.1, -0.05) is 23.7 Å². The summed E-state index contributed by atoms with van der Waals surface area (Å²) in [5.41, 5.74) is 1.87. The van der Waals surface area contributed by atoms with Crippen LogP contribution in [0, 0.1) is 6.92 Å². The number of ether oxygens (including phenoxy) is 1. The molecule has 0 N–H and O–H groups in total. The average molecular weight is 485 g/mol. The topological polar surface area (TPSA) is 90.6 Å². The summed E-state index contributed by atoms with van der Waals surface area (Å²) < 4.78 is 31.1. The minimum Gasteiger partial charge on any atom is -0.402 e. The molecular weight excluding hydrogens is 470 g/mol. The molecule has 0 aliphatic carbocycles. The first kappa shape index (κ1) is 19.4. The summed E-state index contributed by atoms with van der Waals surface area (Å²) in [6.07, 6.45) is 1.99. The van der Waals surface area contributed by atoms with Crippen LogP contribution < -0.4 is 0 Å². The molecule has 1 fully saturated rings. The number of carbonyl (C=O) groups is 1. The van der Waals surface area contributed by atoms with Crippen LogP contribution in [-0.2, 0) is 19.4 Å². The van der Waals surface area contributed by atoms with Crippen molar-refractivity contribution in [2.75, 3.05) is 11.5 Å². The third kappa shape index (κ3) is 3.54. The molecule has 2 aliphatic rings. The molecule has 0 bridgehead atoms. The molecule has 0 radical (unpaired) electrons. The lowest BCUT2D eigenvalue weighted by Crippen LogP contribution is -2.12. The van der Waals surface area contributed by atoms with E-state index in [4.69, 9.17) is 16.3 Å². The second kappa shape index (κ2) is 7.13. The third-order valence-electron chi connectivity index (χ3n) is 4.63. The van der Waals surface area contributed by atoms with Crippen LogP contribution in [-0.4, -0.2) is 41.6 Å². The van der Waals surface area contributed by atoms with Gasteiger partial charge >= 0.3 is 5.97 Å². The van der Waals surface area contributed by atoms with E-state index in [1.54, 1.807) is 13.0 Å².